The van der Waals surface area contributed by atoms with Crippen molar-refractivity contribution >= 4 is 44.8 Å². The monoisotopic (exact) mass is 614 g/mol. The van der Waals surface area contributed by atoms with Crippen molar-refractivity contribution < 1.29 is 4.74 Å². The van der Waals surface area contributed by atoms with Gasteiger partial charge in [-0.3, -0.25) is 0 Å². The van der Waals surface area contributed by atoms with Gasteiger partial charge in [0.15, 0.2) is 0 Å². The molecule has 0 aliphatic carbocycles. The van der Waals surface area contributed by atoms with Crippen LogP contribution in [0.2, 0.25) is 0 Å². The molecule has 1 aliphatic heterocycles. The molecule has 0 amide bonds. The number of ether oxygens (including phenoxy) is 1. The number of hydrogen-bond donors (Lipinski definition) is 0. The molecule has 0 radical (unpaired) electrons. The van der Waals surface area contributed by atoms with E-state index in [-0.39, 0.29) is 5.57 Å². The van der Waals surface area contributed by atoms with E-state index in [1.54, 1.807) is 34.8 Å². The number of allylic oxidation sites excluding steroid dienone is 6. The minimum atomic E-state index is 0.0712. The quantitative estimate of drug-likeness (QED) is 0.156. The van der Waals surface area contributed by atoms with Gasteiger partial charge in [0.25, 0.3) is 0 Å². The molecule has 43 heavy (non-hydrogen) atoms. The van der Waals surface area contributed by atoms with Crippen molar-refractivity contribution in [3.05, 3.63) is 81.0 Å². The SMILES string of the molecule is CCCCN(CCCC)c1ccc(C=CC2=CC(=C(C#N)C#N)C=C(C=Cc3ccc(N(CCCC)CCCC)s3)O2)s1. The first-order valence-corrected chi connectivity index (χ1v) is 17.4. The second kappa shape index (κ2) is 18.9. The average Bonchev–Trinajstić information content (AvgIpc) is 3.70. The molecule has 0 N–H and O–H groups in total. The van der Waals surface area contributed by atoms with Crippen LogP contribution in [0.3, 0.4) is 0 Å². The molecule has 0 atom stereocenters. The van der Waals surface area contributed by atoms with Crippen LogP contribution in [-0.4, -0.2) is 26.2 Å². The minimum absolute atomic E-state index is 0.0712. The van der Waals surface area contributed by atoms with E-state index in [2.05, 4.69) is 61.8 Å². The van der Waals surface area contributed by atoms with Gasteiger partial charge in [-0.05, 0) is 86.4 Å². The Labute approximate surface area is 267 Å². The molecule has 0 spiro atoms. The maximum absolute atomic E-state index is 9.55. The summed E-state index contributed by atoms with van der Waals surface area (Å²) in [7, 11) is 0. The van der Waals surface area contributed by atoms with Gasteiger partial charge in [-0.2, -0.15) is 10.5 Å². The summed E-state index contributed by atoms with van der Waals surface area (Å²) in [6.45, 7) is 13.2. The number of thiophene rings is 2. The van der Waals surface area contributed by atoms with Crippen LogP contribution in [-0.2, 0) is 4.74 Å². The lowest BCUT2D eigenvalue weighted by Crippen LogP contribution is -2.24. The molecule has 0 unspecified atom stereocenters. The third-order valence-electron chi connectivity index (χ3n) is 7.14. The average molecular weight is 615 g/mol. The molecule has 0 saturated heterocycles. The molecule has 0 saturated carbocycles. The van der Waals surface area contributed by atoms with E-state index in [4.69, 9.17) is 4.74 Å². The Morgan fingerprint density at radius 1 is 0.651 bits per heavy atom. The molecule has 2 aromatic heterocycles. The summed E-state index contributed by atoms with van der Waals surface area (Å²) < 4.78 is 6.20. The van der Waals surface area contributed by atoms with Crippen LogP contribution in [0.4, 0.5) is 10.0 Å². The molecule has 2 aromatic rings. The number of nitriles is 2. The maximum atomic E-state index is 9.55. The first kappa shape index (κ1) is 34.0. The first-order valence-electron chi connectivity index (χ1n) is 15.8. The zero-order valence-electron chi connectivity index (χ0n) is 26.3. The van der Waals surface area contributed by atoms with Gasteiger partial charge in [0.2, 0.25) is 0 Å². The molecular weight excluding hydrogens is 569 g/mol. The lowest BCUT2D eigenvalue weighted by molar-refractivity contribution is 0.332. The summed E-state index contributed by atoms with van der Waals surface area (Å²) in [5.41, 5.74) is 0.631. The zero-order chi connectivity index (χ0) is 30.9. The van der Waals surface area contributed by atoms with Crippen LogP contribution in [0, 0.1) is 22.7 Å². The summed E-state index contributed by atoms with van der Waals surface area (Å²) >= 11 is 3.55. The Kier molecular flexibility index (Phi) is 14.9. The first-order chi connectivity index (χ1) is 21.0. The largest absolute Gasteiger partial charge is 0.457 e. The number of anilines is 2. The van der Waals surface area contributed by atoms with Crippen molar-refractivity contribution in [1.29, 1.82) is 10.5 Å². The number of nitrogens with zero attached hydrogens (tertiary/aromatic N) is 4. The van der Waals surface area contributed by atoms with Crippen molar-refractivity contribution in [2.24, 2.45) is 0 Å². The molecule has 228 valence electrons. The molecule has 0 aromatic carbocycles. The third kappa shape index (κ3) is 10.9. The Hall–Kier alpha value is -3.52. The van der Waals surface area contributed by atoms with E-state index < -0.39 is 0 Å². The summed E-state index contributed by atoms with van der Waals surface area (Å²) in [5.74, 6) is 1.20. The molecule has 1 aliphatic rings. The fourth-order valence-electron chi connectivity index (χ4n) is 4.60. The highest BCUT2D eigenvalue weighted by Gasteiger charge is 2.14. The summed E-state index contributed by atoms with van der Waals surface area (Å²) in [4.78, 5) is 7.26. The predicted octanol–water partition coefficient (Wildman–Crippen LogP) is 10.5. The van der Waals surface area contributed by atoms with Crippen LogP contribution in [0.15, 0.2) is 71.2 Å². The molecule has 3 heterocycles. The second-order valence-electron chi connectivity index (χ2n) is 10.7. The minimum Gasteiger partial charge on any atom is -0.457 e. The summed E-state index contributed by atoms with van der Waals surface area (Å²) in [6.07, 6.45) is 21.0. The van der Waals surface area contributed by atoms with E-state index in [0.29, 0.717) is 17.1 Å². The Morgan fingerprint density at radius 2 is 1.05 bits per heavy atom. The molecule has 0 fully saturated rings. The van der Waals surface area contributed by atoms with Gasteiger partial charge in [0.05, 0.1) is 10.0 Å². The Bertz CT molecular complexity index is 1270. The van der Waals surface area contributed by atoms with Crippen molar-refractivity contribution in [1.82, 2.24) is 0 Å². The highest BCUT2D eigenvalue weighted by Crippen LogP contribution is 2.31. The fraction of sp³-hybridized carbons (Fsp3) is 0.444. The second-order valence-corrected chi connectivity index (χ2v) is 12.8. The Balaban J connectivity index is 1.78. The van der Waals surface area contributed by atoms with Crippen molar-refractivity contribution in [3.63, 3.8) is 0 Å². The smallest absolute Gasteiger partial charge is 0.137 e. The fourth-order valence-corrected chi connectivity index (χ4v) is 6.52. The number of hydrogen-bond acceptors (Lipinski definition) is 7. The number of unbranched alkanes of at least 4 members (excludes halogenated alkanes) is 4. The van der Waals surface area contributed by atoms with Gasteiger partial charge in [-0.1, -0.05) is 53.4 Å². The standard InChI is InChI=1S/C36H46N4OS2/c1-5-9-21-39(22-10-6-2)35-19-17-33(42-35)15-13-31-25-29(30(27-37)28-38)26-32(41-31)14-16-34-18-20-36(43-34)40(23-11-7-3)24-12-8-4/h13-20,25-26H,5-12,21-24H2,1-4H3. The van der Waals surface area contributed by atoms with E-state index in [1.807, 2.05) is 36.4 Å². The highest BCUT2D eigenvalue weighted by atomic mass is 32.1. The lowest BCUT2D eigenvalue weighted by atomic mass is 10.1. The van der Waals surface area contributed by atoms with Gasteiger partial charge >= 0.3 is 0 Å². The van der Waals surface area contributed by atoms with Gasteiger partial charge in [-0.25, -0.2) is 0 Å². The summed E-state index contributed by atoms with van der Waals surface area (Å²) in [5, 5.41) is 21.7. The molecule has 0 bridgehead atoms. The van der Waals surface area contributed by atoms with E-state index in [1.165, 1.54) is 61.4 Å². The lowest BCUT2D eigenvalue weighted by Gasteiger charge is -2.22. The third-order valence-corrected chi connectivity index (χ3v) is 9.36. The highest BCUT2D eigenvalue weighted by molar-refractivity contribution is 7.17. The molecule has 5 nitrogen and oxygen atoms in total. The predicted molar refractivity (Wildman–Crippen MR) is 186 cm³/mol. The van der Waals surface area contributed by atoms with Crippen molar-refractivity contribution in [2.75, 3.05) is 36.0 Å². The molecule has 7 heteroatoms. The molecule has 3 rings (SSSR count). The Morgan fingerprint density at radius 3 is 1.40 bits per heavy atom. The van der Waals surface area contributed by atoms with E-state index in [0.717, 1.165) is 35.9 Å². The topological polar surface area (TPSA) is 63.3 Å². The van der Waals surface area contributed by atoms with Crippen LogP contribution in [0.25, 0.3) is 12.2 Å². The van der Waals surface area contributed by atoms with E-state index in [9.17, 15) is 10.5 Å². The zero-order valence-corrected chi connectivity index (χ0v) is 27.9. The van der Waals surface area contributed by atoms with Crippen molar-refractivity contribution in [3.8, 4) is 12.1 Å². The van der Waals surface area contributed by atoms with Gasteiger partial charge in [-0.15, -0.1) is 22.7 Å². The maximum Gasteiger partial charge on any atom is 0.137 e. The van der Waals surface area contributed by atoms with Gasteiger partial charge in [0.1, 0.15) is 29.2 Å². The van der Waals surface area contributed by atoms with Crippen LogP contribution >= 0.6 is 22.7 Å². The van der Waals surface area contributed by atoms with Crippen LogP contribution < -0.4 is 9.80 Å². The van der Waals surface area contributed by atoms with E-state index >= 15 is 0 Å². The normalized spacial score (nSPS) is 13.0. The van der Waals surface area contributed by atoms with Crippen LogP contribution in [0.5, 0.6) is 0 Å². The van der Waals surface area contributed by atoms with Crippen LogP contribution in [0.1, 0.15) is 88.8 Å². The number of rotatable bonds is 18. The molecular formula is C36H46N4OS2. The van der Waals surface area contributed by atoms with Gasteiger partial charge < -0.3 is 14.5 Å². The van der Waals surface area contributed by atoms with Gasteiger partial charge in [0, 0.05) is 41.5 Å². The van der Waals surface area contributed by atoms with Crippen molar-refractivity contribution in [2.45, 2.75) is 79.1 Å². The summed E-state index contributed by atoms with van der Waals surface area (Å²) in [6, 6.07) is 12.8.